The lowest BCUT2D eigenvalue weighted by atomic mass is 10.1. The highest BCUT2D eigenvalue weighted by atomic mass is 16.7. The minimum atomic E-state index is -1.49. The minimum absolute atomic E-state index is 0.182. The first-order valence-corrected chi connectivity index (χ1v) is 8.55. The normalized spacial score (nSPS) is 17.7. The Morgan fingerprint density at radius 3 is 2.77 bits per heavy atom. The van der Waals surface area contributed by atoms with Crippen LogP contribution in [0, 0.1) is 0 Å². The highest BCUT2D eigenvalue weighted by Crippen LogP contribution is 2.34. The van der Waals surface area contributed by atoms with Crippen molar-refractivity contribution in [1.82, 2.24) is 10.3 Å². The fraction of sp³-hybridized carbons (Fsp3) is 0.316. The van der Waals surface area contributed by atoms with Gasteiger partial charge < -0.3 is 14.8 Å². The lowest BCUT2D eigenvalue weighted by Crippen LogP contribution is -2.55. The summed E-state index contributed by atoms with van der Waals surface area (Å²) in [6.45, 7) is 2.09. The summed E-state index contributed by atoms with van der Waals surface area (Å²) in [5.74, 6) is -0.922. The van der Waals surface area contributed by atoms with E-state index in [0.29, 0.717) is 18.1 Å². The van der Waals surface area contributed by atoms with Gasteiger partial charge in [0.15, 0.2) is 0 Å². The number of benzene rings is 1. The van der Waals surface area contributed by atoms with Crippen LogP contribution in [0.5, 0.6) is 5.75 Å². The molecule has 26 heavy (non-hydrogen) atoms. The molecular formula is C19H21N3O4. The number of hydrogen-bond acceptors (Lipinski definition) is 6. The number of amides is 1. The van der Waals surface area contributed by atoms with E-state index in [1.807, 2.05) is 36.4 Å². The van der Waals surface area contributed by atoms with Crippen molar-refractivity contribution in [2.75, 3.05) is 11.9 Å². The molecule has 1 atom stereocenters. The van der Waals surface area contributed by atoms with Gasteiger partial charge in [0, 0.05) is 31.1 Å². The van der Waals surface area contributed by atoms with E-state index in [9.17, 15) is 9.59 Å². The SMILES string of the molecule is CCC(=O)OC1(NC(=O)CCNc2ccccn2)Cc2ccccc2O1. The third-order valence-corrected chi connectivity index (χ3v) is 3.89. The van der Waals surface area contributed by atoms with Crippen LogP contribution < -0.4 is 15.4 Å². The molecule has 1 unspecified atom stereocenters. The predicted molar refractivity (Wildman–Crippen MR) is 95.4 cm³/mol. The first-order chi connectivity index (χ1) is 12.6. The van der Waals surface area contributed by atoms with Crippen molar-refractivity contribution in [3.63, 3.8) is 0 Å². The first-order valence-electron chi connectivity index (χ1n) is 8.55. The third-order valence-electron chi connectivity index (χ3n) is 3.89. The van der Waals surface area contributed by atoms with Crippen LogP contribution in [0.1, 0.15) is 25.3 Å². The number of fused-ring (bicyclic) bond motifs is 1. The Kier molecular flexibility index (Phi) is 5.36. The molecule has 3 rings (SSSR count). The van der Waals surface area contributed by atoms with Crippen molar-refractivity contribution in [2.24, 2.45) is 0 Å². The van der Waals surface area contributed by atoms with Crippen LogP contribution in [-0.2, 0) is 20.7 Å². The average molecular weight is 355 g/mol. The zero-order valence-corrected chi connectivity index (χ0v) is 14.5. The molecule has 0 spiro atoms. The molecule has 2 heterocycles. The number of hydrogen-bond donors (Lipinski definition) is 2. The number of nitrogens with one attached hydrogen (secondary N) is 2. The molecule has 0 radical (unpaired) electrons. The van der Waals surface area contributed by atoms with E-state index in [2.05, 4.69) is 15.6 Å². The van der Waals surface area contributed by atoms with Gasteiger partial charge in [0.2, 0.25) is 5.91 Å². The fourth-order valence-corrected chi connectivity index (χ4v) is 2.67. The number of carbonyl (C=O) groups excluding carboxylic acids is 2. The third kappa shape index (κ3) is 4.30. The molecule has 1 amide bonds. The molecule has 7 heteroatoms. The van der Waals surface area contributed by atoms with E-state index in [1.54, 1.807) is 19.2 Å². The largest absolute Gasteiger partial charge is 0.435 e. The summed E-state index contributed by atoms with van der Waals surface area (Å²) in [7, 11) is 0. The summed E-state index contributed by atoms with van der Waals surface area (Å²) in [4.78, 5) is 28.3. The van der Waals surface area contributed by atoms with Gasteiger partial charge in [-0.3, -0.25) is 14.9 Å². The van der Waals surface area contributed by atoms with E-state index < -0.39 is 11.9 Å². The molecule has 2 N–H and O–H groups in total. The molecule has 136 valence electrons. The predicted octanol–water partition coefficient (Wildman–Crippen LogP) is 2.24. The van der Waals surface area contributed by atoms with Crippen LogP contribution in [0.15, 0.2) is 48.7 Å². The molecule has 2 aromatic rings. The number of rotatable bonds is 7. The number of esters is 1. The number of ether oxygens (including phenoxy) is 2. The second-order valence-electron chi connectivity index (χ2n) is 5.91. The van der Waals surface area contributed by atoms with Crippen molar-refractivity contribution in [3.05, 3.63) is 54.2 Å². The van der Waals surface area contributed by atoms with E-state index >= 15 is 0 Å². The van der Waals surface area contributed by atoms with Crippen LogP contribution in [0.25, 0.3) is 0 Å². The summed E-state index contributed by atoms with van der Waals surface area (Å²) in [5, 5.41) is 5.79. The molecule has 0 aliphatic carbocycles. The Labute approximate surface area is 151 Å². The topological polar surface area (TPSA) is 89.5 Å². The van der Waals surface area contributed by atoms with E-state index in [0.717, 1.165) is 5.56 Å². The quantitative estimate of drug-likeness (QED) is 0.585. The first kappa shape index (κ1) is 17.7. The van der Waals surface area contributed by atoms with Crippen LogP contribution in [0.3, 0.4) is 0 Å². The van der Waals surface area contributed by atoms with E-state index in [-0.39, 0.29) is 25.2 Å². The minimum Gasteiger partial charge on any atom is -0.435 e. The highest BCUT2D eigenvalue weighted by molar-refractivity contribution is 5.78. The van der Waals surface area contributed by atoms with Gasteiger partial charge in [0.05, 0.1) is 6.42 Å². The maximum absolute atomic E-state index is 12.4. The molecule has 0 fully saturated rings. The zero-order valence-electron chi connectivity index (χ0n) is 14.5. The lowest BCUT2D eigenvalue weighted by Gasteiger charge is -2.29. The standard InChI is InChI=1S/C19H21N3O4/c1-2-18(24)26-19(13-14-7-3-4-8-15(14)25-19)22-17(23)10-12-21-16-9-5-6-11-20-16/h3-9,11H,2,10,12-13H2,1H3,(H,20,21)(H,22,23). The Morgan fingerprint density at radius 2 is 2.04 bits per heavy atom. The molecule has 0 saturated carbocycles. The monoisotopic (exact) mass is 355 g/mol. The summed E-state index contributed by atoms with van der Waals surface area (Å²) in [6, 6.07) is 12.9. The van der Waals surface area contributed by atoms with Crippen molar-refractivity contribution < 1.29 is 19.1 Å². The summed E-state index contributed by atoms with van der Waals surface area (Å²) in [5.41, 5.74) is 0.878. The van der Waals surface area contributed by atoms with Crippen molar-refractivity contribution in [2.45, 2.75) is 32.1 Å². The molecule has 0 saturated heterocycles. The Bertz CT molecular complexity index is 754. The molecule has 1 aliphatic rings. The van der Waals surface area contributed by atoms with E-state index in [4.69, 9.17) is 9.47 Å². The van der Waals surface area contributed by atoms with Gasteiger partial charge in [-0.2, -0.15) is 0 Å². The van der Waals surface area contributed by atoms with Gasteiger partial charge in [-0.25, -0.2) is 4.98 Å². The second-order valence-corrected chi connectivity index (χ2v) is 5.91. The number of pyridine rings is 1. The lowest BCUT2D eigenvalue weighted by molar-refractivity contribution is -0.203. The zero-order chi connectivity index (χ0) is 18.4. The number of anilines is 1. The maximum Gasteiger partial charge on any atom is 0.344 e. The average Bonchev–Trinajstić information content (AvgIpc) is 2.99. The summed E-state index contributed by atoms with van der Waals surface area (Å²) in [6.07, 6.45) is 2.32. The van der Waals surface area contributed by atoms with Crippen LogP contribution in [0.4, 0.5) is 5.82 Å². The number of para-hydroxylation sites is 1. The molecule has 1 aromatic heterocycles. The van der Waals surface area contributed by atoms with E-state index in [1.165, 1.54) is 0 Å². The van der Waals surface area contributed by atoms with Gasteiger partial charge >= 0.3 is 11.9 Å². The summed E-state index contributed by atoms with van der Waals surface area (Å²) < 4.78 is 11.2. The highest BCUT2D eigenvalue weighted by Gasteiger charge is 2.44. The summed E-state index contributed by atoms with van der Waals surface area (Å²) >= 11 is 0. The van der Waals surface area contributed by atoms with Gasteiger partial charge in [-0.15, -0.1) is 0 Å². The number of carbonyl (C=O) groups is 2. The molecule has 1 aromatic carbocycles. The molecule has 7 nitrogen and oxygen atoms in total. The van der Waals surface area contributed by atoms with Crippen molar-refractivity contribution in [3.8, 4) is 5.75 Å². The van der Waals surface area contributed by atoms with Crippen LogP contribution >= 0.6 is 0 Å². The Hall–Kier alpha value is -3.09. The molecular weight excluding hydrogens is 334 g/mol. The smallest absolute Gasteiger partial charge is 0.344 e. The van der Waals surface area contributed by atoms with Gasteiger partial charge in [-0.05, 0) is 18.2 Å². The fourth-order valence-electron chi connectivity index (χ4n) is 2.67. The molecule has 0 bridgehead atoms. The number of nitrogens with zero attached hydrogens (tertiary/aromatic N) is 1. The Balaban J connectivity index is 1.61. The van der Waals surface area contributed by atoms with Crippen molar-refractivity contribution in [1.29, 1.82) is 0 Å². The molecule has 1 aliphatic heterocycles. The van der Waals surface area contributed by atoms with Gasteiger partial charge in [0.1, 0.15) is 11.6 Å². The van der Waals surface area contributed by atoms with Gasteiger partial charge in [-0.1, -0.05) is 31.2 Å². The number of aromatic nitrogens is 1. The maximum atomic E-state index is 12.4. The van der Waals surface area contributed by atoms with Gasteiger partial charge in [0.25, 0.3) is 0 Å². The second kappa shape index (κ2) is 7.86. The van der Waals surface area contributed by atoms with Crippen molar-refractivity contribution >= 4 is 17.7 Å². The van der Waals surface area contributed by atoms with Crippen LogP contribution in [-0.4, -0.2) is 29.3 Å². The van der Waals surface area contributed by atoms with Crippen LogP contribution in [0.2, 0.25) is 0 Å². The Morgan fingerprint density at radius 1 is 1.23 bits per heavy atom.